The van der Waals surface area contributed by atoms with Crippen LogP contribution in [0.4, 0.5) is 0 Å². The Balaban J connectivity index is 2.27. The first-order valence-electron chi connectivity index (χ1n) is 5.54. The normalized spacial score (nSPS) is 19.5. The molecule has 0 amide bonds. The lowest BCUT2D eigenvalue weighted by Gasteiger charge is -2.32. The lowest BCUT2D eigenvalue weighted by Crippen LogP contribution is -2.49. The minimum Gasteiger partial charge on any atom is -0.383 e. The molecule has 1 rings (SSSR count). The van der Waals surface area contributed by atoms with E-state index in [1.54, 1.807) is 7.11 Å². The standard InChI is InChI=1S/C10H22N4O/c1-8(9-4-3-5-9)13-10(14-11)12-6-7-15-2/h8-9H,3-7,11H2,1-2H3,(H2,12,13,14). The number of aliphatic imine (C=N–C) groups is 1. The number of hydrazine groups is 1. The second-order valence-corrected chi connectivity index (χ2v) is 3.99. The lowest BCUT2D eigenvalue weighted by atomic mass is 9.80. The molecule has 1 saturated carbocycles. The maximum atomic E-state index is 5.38. The summed E-state index contributed by atoms with van der Waals surface area (Å²) < 4.78 is 4.92. The van der Waals surface area contributed by atoms with Gasteiger partial charge in [0.15, 0.2) is 0 Å². The molecule has 1 aliphatic carbocycles. The quantitative estimate of drug-likeness (QED) is 0.201. The zero-order valence-corrected chi connectivity index (χ0v) is 9.62. The van der Waals surface area contributed by atoms with Gasteiger partial charge in [-0.3, -0.25) is 5.43 Å². The van der Waals surface area contributed by atoms with Gasteiger partial charge in [0.25, 0.3) is 0 Å². The second-order valence-electron chi connectivity index (χ2n) is 3.99. The molecule has 15 heavy (non-hydrogen) atoms. The minimum absolute atomic E-state index is 0.441. The summed E-state index contributed by atoms with van der Waals surface area (Å²) in [5, 5.41) is 3.29. The smallest absolute Gasteiger partial charge is 0.206 e. The van der Waals surface area contributed by atoms with E-state index in [0.29, 0.717) is 25.2 Å². The van der Waals surface area contributed by atoms with Gasteiger partial charge in [-0.25, -0.2) is 10.8 Å². The van der Waals surface area contributed by atoms with Gasteiger partial charge in [-0.05, 0) is 25.7 Å². The molecule has 0 aromatic heterocycles. The molecule has 0 aliphatic heterocycles. The molecule has 88 valence electrons. The number of nitrogens with zero attached hydrogens (tertiary/aromatic N) is 1. The molecule has 0 bridgehead atoms. The molecule has 1 unspecified atom stereocenters. The highest BCUT2D eigenvalue weighted by molar-refractivity contribution is 5.79. The third-order valence-electron chi connectivity index (χ3n) is 2.92. The number of hydrogen-bond acceptors (Lipinski definition) is 3. The van der Waals surface area contributed by atoms with Crippen LogP contribution in [0.2, 0.25) is 0 Å². The average Bonchev–Trinajstić information content (AvgIpc) is 2.13. The highest BCUT2D eigenvalue weighted by Crippen LogP contribution is 2.29. The van der Waals surface area contributed by atoms with Crippen LogP contribution in [0, 0.1) is 5.92 Å². The Morgan fingerprint density at radius 2 is 2.33 bits per heavy atom. The summed E-state index contributed by atoms with van der Waals surface area (Å²) in [6, 6.07) is 0.441. The summed E-state index contributed by atoms with van der Waals surface area (Å²) >= 11 is 0. The van der Waals surface area contributed by atoms with Gasteiger partial charge in [0.05, 0.1) is 13.2 Å². The second kappa shape index (κ2) is 6.63. The van der Waals surface area contributed by atoms with E-state index in [-0.39, 0.29) is 0 Å². The van der Waals surface area contributed by atoms with E-state index in [1.165, 1.54) is 19.3 Å². The number of hydrogen-bond donors (Lipinski definition) is 3. The van der Waals surface area contributed by atoms with Crippen molar-refractivity contribution in [2.24, 2.45) is 16.8 Å². The molecule has 0 aromatic carbocycles. The monoisotopic (exact) mass is 214 g/mol. The van der Waals surface area contributed by atoms with Gasteiger partial charge in [0.2, 0.25) is 5.96 Å². The van der Waals surface area contributed by atoms with Crippen molar-refractivity contribution in [3.63, 3.8) is 0 Å². The Labute approximate surface area is 91.4 Å². The molecule has 5 nitrogen and oxygen atoms in total. The molecule has 1 fully saturated rings. The SMILES string of the molecule is COCCN=C(NN)NC(C)C1CCC1. The van der Waals surface area contributed by atoms with Crippen molar-refractivity contribution in [2.75, 3.05) is 20.3 Å². The van der Waals surface area contributed by atoms with Crippen LogP contribution in [0.1, 0.15) is 26.2 Å². The molecule has 0 aromatic rings. The molecule has 1 atom stereocenters. The summed E-state index contributed by atoms with van der Waals surface area (Å²) in [6.07, 6.45) is 3.97. The molecule has 0 radical (unpaired) electrons. The van der Waals surface area contributed by atoms with Gasteiger partial charge in [0.1, 0.15) is 0 Å². The van der Waals surface area contributed by atoms with Gasteiger partial charge >= 0.3 is 0 Å². The van der Waals surface area contributed by atoms with E-state index in [0.717, 1.165) is 5.92 Å². The van der Waals surface area contributed by atoms with E-state index in [2.05, 4.69) is 22.7 Å². The lowest BCUT2D eigenvalue weighted by molar-refractivity contribution is 0.207. The van der Waals surface area contributed by atoms with Gasteiger partial charge in [0, 0.05) is 13.2 Å². The topological polar surface area (TPSA) is 71.7 Å². The molecule has 0 saturated heterocycles. The Morgan fingerprint density at radius 1 is 1.60 bits per heavy atom. The summed E-state index contributed by atoms with van der Waals surface area (Å²) in [6.45, 7) is 3.41. The van der Waals surface area contributed by atoms with Crippen molar-refractivity contribution in [3.05, 3.63) is 0 Å². The number of guanidine groups is 1. The fourth-order valence-corrected chi connectivity index (χ4v) is 1.66. The molecule has 1 aliphatic rings. The zero-order valence-electron chi connectivity index (χ0n) is 9.62. The minimum atomic E-state index is 0.441. The first-order chi connectivity index (χ1) is 7.27. The summed E-state index contributed by atoms with van der Waals surface area (Å²) in [5.74, 6) is 6.81. The maximum absolute atomic E-state index is 5.38. The largest absolute Gasteiger partial charge is 0.383 e. The van der Waals surface area contributed by atoms with E-state index in [1.807, 2.05) is 0 Å². The van der Waals surface area contributed by atoms with E-state index in [4.69, 9.17) is 10.6 Å². The van der Waals surface area contributed by atoms with Gasteiger partial charge in [-0.2, -0.15) is 0 Å². The Kier molecular flexibility index (Phi) is 5.42. The Hall–Kier alpha value is -0.810. The predicted octanol–water partition coefficient (Wildman–Crippen LogP) is 0.230. The third-order valence-corrected chi connectivity index (χ3v) is 2.92. The molecule has 0 spiro atoms. The van der Waals surface area contributed by atoms with Crippen LogP contribution in [0.15, 0.2) is 4.99 Å². The summed E-state index contributed by atoms with van der Waals surface area (Å²) in [7, 11) is 1.66. The molecule has 0 heterocycles. The van der Waals surface area contributed by atoms with Crippen molar-refractivity contribution in [2.45, 2.75) is 32.2 Å². The Bertz CT molecular complexity index is 204. The maximum Gasteiger partial charge on any atom is 0.206 e. The molecule has 5 heteroatoms. The van der Waals surface area contributed by atoms with Crippen LogP contribution < -0.4 is 16.6 Å². The third kappa shape index (κ3) is 4.05. The van der Waals surface area contributed by atoms with E-state index >= 15 is 0 Å². The van der Waals surface area contributed by atoms with E-state index in [9.17, 15) is 0 Å². The number of nitrogens with two attached hydrogens (primary N) is 1. The Morgan fingerprint density at radius 3 is 2.80 bits per heavy atom. The van der Waals surface area contributed by atoms with Gasteiger partial charge in [-0.15, -0.1) is 0 Å². The van der Waals surface area contributed by atoms with Crippen LogP contribution in [-0.4, -0.2) is 32.3 Å². The van der Waals surface area contributed by atoms with Crippen LogP contribution in [-0.2, 0) is 4.74 Å². The van der Waals surface area contributed by atoms with E-state index < -0.39 is 0 Å². The average molecular weight is 214 g/mol. The van der Waals surface area contributed by atoms with Crippen molar-refractivity contribution < 1.29 is 4.74 Å². The molecular formula is C10H22N4O. The van der Waals surface area contributed by atoms with Crippen molar-refractivity contribution >= 4 is 5.96 Å². The van der Waals surface area contributed by atoms with Crippen LogP contribution in [0.25, 0.3) is 0 Å². The number of ether oxygens (including phenoxy) is 1. The van der Waals surface area contributed by atoms with Crippen LogP contribution in [0.5, 0.6) is 0 Å². The predicted molar refractivity (Wildman–Crippen MR) is 61.4 cm³/mol. The summed E-state index contributed by atoms with van der Waals surface area (Å²) in [5.41, 5.74) is 2.58. The number of rotatable bonds is 5. The number of methoxy groups -OCH3 is 1. The zero-order chi connectivity index (χ0) is 11.1. The fourth-order valence-electron chi connectivity index (χ4n) is 1.66. The van der Waals surface area contributed by atoms with Crippen LogP contribution in [0.3, 0.4) is 0 Å². The molecular weight excluding hydrogens is 192 g/mol. The summed E-state index contributed by atoms with van der Waals surface area (Å²) in [4.78, 5) is 4.26. The van der Waals surface area contributed by atoms with Gasteiger partial charge < -0.3 is 10.1 Å². The molecule has 4 N–H and O–H groups in total. The van der Waals surface area contributed by atoms with Gasteiger partial charge in [-0.1, -0.05) is 6.42 Å². The van der Waals surface area contributed by atoms with Crippen molar-refractivity contribution in [1.29, 1.82) is 0 Å². The van der Waals surface area contributed by atoms with Crippen molar-refractivity contribution in [1.82, 2.24) is 10.7 Å². The highest BCUT2D eigenvalue weighted by atomic mass is 16.5. The van der Waals surface area contributed by atoms with Crippen molar-refractivity contribution in [3.8, 4) is 0 Å². The fraction of sp³-hybridized carbons (Fsp3) is 0.900. The highest BCUT2D eigenvalue weighted by Gasteiger charge is 2.24. The first kappa shape index (κ1) is 12.3. The van der Waals surface area contributed by atoms with Crippen LogP contribution >= 0.6 is 0 Å². The number of nitrogens with one attached hydrogen (secondary N) is 2. The first-order valence-corrected chi connectivity index (χ1v) is 5.54.